The number of anilines is 1. The van der Waals surface area contributed by atoms with Crippen LogP contribution in [0.4, 0.5) is 27.6 Å². The Balaban J connectivity index is 1.39. The van der Waals surface area contributed by atoms with Gasteiger partial charge < -0.3 is 5.11 Å². The van der Waals surface area contributed by atoms with Crippen LogP contribution in [0.1, 0.15) is 43.0 Å². The summed E-state index contributed by atoms with van der Waals surface area (Å²) in [7, 11) is -4.77. The average molecular weight is 568 g/mol. The molecule has 2 atom stereocenters. The van der Waals surface area contributed by atoms with Gasteiger partial charge in [0.2, 0.25) is 10.0 Å². The summed E-state index contributed by atoms with van der Waals surface area (Å²) in [5, 5.41) is 16.3. The van der Waals surface area contributed by atoms with Gasteiger partial charge in [0.25, 0.3) is 0 Å². The van der Waals surface area contributed by atoms with Gasteiger partial charge in [0.15, 0.2) is 5.75 Å². The van der Waals surface area contributed by atoms with E-state index in [1.54, 1.807) is 23.0 Å². The van der Waals surface area contributed by atoms with Gasteiger partial charge in [-0.05, 0) is 91.8 Å². The molecule has 0 spiro atoms. The van der Waals surface area contributed by atoms with Crippen molar-refractivity contribution < 1.29 is 35.5 Å². The van der Waals surface area contributed by atoms with Gasteiger partial charge in [-0.3, -0.25) is 4.72 Å². The first kappa shape index (κ1) is 27.3. The van der Waals surface area contributed by atoms with Gasteiger partial charge in [-0.25, -0.2) is 21.9 Å². The van der Waals surface area contributed by atoms with Crippen LogP contribution in [0.3, 0.4) is 0 Å². The van der Waals surface area contributed by atoms with Gasteiger partial charge in [0, 0.05) is 5.41 Å². The van der Waals surface area contributed by atoms with Crippen molar-refractivity contribution in [1.82, 2.24) is 9.78 Å². The van der Waals surface area contributed by atoms with Crippen molar-refractivity contribution in [3.05, 3.63) is 82.7 Å². The smallest absolute Gasteiger partial charge is 0.389 e. The number of hydrogen-bond donors (Lipinski definition) is 2. The quantitative estimate of drug-likeness (QED) is 0.367. The molecule has 12 heteroatoms. The van der Waals surface area contributed by atoms with E-state index in [0.717, 1.165) is 35.0 Å². The van der Waals surface area contributed by atoms with Crippen molar-refractivity contribution in [1.29, 1.82) is 0 Å². The van der Waals surface area contributed by atoms with E-state index in [4.69, 9.17) is 0 Å². The normalized spacial score (nSPS) is 22.8. The van der Waals surface area contributed by atoms with Crippen molar-refractivity contribution in [3.8, 4) is 5.69 Å². The van der Waals surface area contributed by atoms with Gasteiger partial charge in [-0.1, -0.05) is 12.5 Å². The summed E-state index contributed by atoms with van der Waals surface area (Å²) in [6, 6.07) is 9.06. The molecule has 0 radical (unpaired) electrons. The minimum absolute atomic E-state index is 0.0305. The Bertz CT molecular complexity index is 1550. The summed E-state index contributed by atoms with van der Waals surface area (Å²) in [6.07, 6.45) is 0.334. The molecule has 2 aliphatic carbocycles. The number of sulfonamides is 1. The predicted molar refractivity (Wildman–Crippen MR) is 136 cm³/mol. The standard InChI is InChI=1S/C27H26F5N3O3S/c1-25-14-18-15-33-35(22-5-2-20(28)3-6-22)24(18)13-19(25)9-11-26(25,36)10-8-17-12-21(29)4-7-23(17)34-39(37,38)16-27(30,31)32/h2-7,12-13,15,34,36H,8-11,14,16H2,1H3/t25-,26-/m0/s1. The molecular formula is C27H26F5N3O3S. The fourth-order valence-corrected chi connectivity index (χ4v) is 6.78. The molecule has 1 saturated carbocycles. The van der Waals surface area contributed by atoms with Crippen molar-refractivity contribution >= 4 is 21.8 Å². The second-order valence-corrected chi connectivity index (χ2v) is 12.2. The second-order valence-electron chi connectivity index (χ2n) is 10.4. The third kappa shape index (κ3) is 5.31. The molecule has 1 aromatic heterocycles. The van der Waals surface area contributed by atoms with E-state index < -0.39 is 38.8 Å². The summed E-state index contributed by atoms with van der Waals surface area (Å²) in [4.78, 5) is 0. The molecule has 0 unspecified atom stereocenters. The largest absolute Gasteiger partial charge is 0.404 e. The van der Waals surface area contributed by atoms with Gasteiger partial charge in [-0.15, -0.1) is 0 Å². The van der Waals surface area contributed by atoms with E-state index in [1.165, 1.54) is 12.1 Å². The molecule has 0 bridgehead atoms. The van der Waals surface area contributed by atoms with E-state index in [9.17, 15) is 35.5 Å². The number of nitrogens with zero attached hydrogens (tertiary/aromatic N) is 2. The van der Waals surface area contributed by atoms with Gasteiger partial charge in [-0.2, -0.15) is 18.3 Å². The van der Waals surface area contributed by atoms with Crippen molar-refractivity contribution in [3.63, 3.8) is 0 Å². The monoisotopic (exact) mass is 567 g/mol. The lowest BCUT2D eigenvalue weighted by atomic mass is 9.65. The number of hydrogen-bond acceptors (Lipinski definition) is 4. The zero-order chi connectivity index (χ0) is 28.2. The first-order valence-corrected chi connectivity index (χ1v) is 14.0. The molecule has 3 aromatic rings. The van der Waals surface area contributed by atoms with Gasteiger partial charge in [0.1, 0.15) is 11.6 Å². The minimum atomic E-state index is -4.94. The van der Waals surface area contributed by atoms with Crippen LogP contribution in [0.2, 0.25) is 0 Å². The molecule has 1 heterocycles. The van der Waals surface area contributed by atoms with Crippen LogP contribution in [0.15, 0.2) is 54.2 Å². The number of nitrogens with one attached hydrogen (secondary N) is 1. The zero-order valence-corrected chi connectivity index (χ0v) is 21.7. The number of aromatic nitrogens is 2. The highest BCUT2D eigenvalue weighted by Crippen LogP contribution is 2.57. The SMILES string of the molecule is C[C@]12Cc3cnn(-c4ccc(F)cc4)c3C=C1CC[C@@]2(O)CCc1cc(F)ccc1NS(=O)(=O)CC(F)(F)F. The van der Waals surface area contributed by atoms with Crippen LogP contribution < -0.4 is 4.72 Å². The second kappa shape index (κ2) is 9.44. The Kier molecular flexibility index (Phi) is 6.61. The Hall–Kier alpha value is -3.25. The van der Waals surface area contributed by atoms with Crippen LogP contribution in [0.5, 0.6) is 0 Å². The Labute approximate surface area is 222 Å². The zero-order valence-electron chi connectivity index (χ0n) is 20.9. The maximum atomic E-state index is 14.1. The molecule has 1 fully saturated rings. The third-order valence-electron chi connectivity index (χ3n) is 7.85. The van der Waals surface area contributed by atoms with Crippen LogP contribution in [-0.4, -0.2) is 40.8 Å². The fraction of sp³-hybridized carbons (Fsp3) is 0.370. The van der Waals surface area contributed by atoms with E-state index in [0.29, 0.717) is 24.9 Å². The number of halogens is 5. The molecule has 6 nitrogen and oxygen atoms in total. The highest BCUT2D eigenvalue weighted by atomic mass is 32.2. The lowest BCUT2D eigenvalue weighted by molar-refractivity contribution is -0.106. The first-order chi connectivity index (χ1) is 18.2. The number of benzene rings is 2. The molecule has 0 saturated heterocycles. The topological polar surface area (TPSA) is 84.2 Å². The summed E-state index contributed by atoms with van der Waals surface area (Å²) in [6.45, 7) is 1.93. The fourth-order valence-electron chi connectivity index (χ4n) is 5.75. The first-order valence-electron chi connectivity index (χ1n) is 12.3. The van der Waals surface area contributed by atoms with E-state index in [2.05, 4.69) is 5.10 Å². The van der Waals surface area contributed by atoms with E-state index in [-0.39, 0.29) is 29.9 Å². The molecule has 2 N–H and O–H groups in total. The predicted octanol–water partition coefficient (Wildman–Crippen LogP) is 5.56. The minimum Gasteiger partial charge on any atom is -0.389 e. The van der Waals surface area contributed by atoms with Crippen LogP contribution in [0.25, 0.3) is 11.8 Å². The number of rotatable bonds is 7. The van der Waals surface area contributed by atoms with E-state index in [1.807, 2.05) is 17.7 Å². The summed E-state index contributed by atoms with van der Waals surface area (Å²) < 4.78 is 93.3. The maximum absolute atomic E-state index is 14.1. The number of aliphatic hydroxyl groups is 1. The number of aryl methyl sites for hydroxylation is 1. The average Bonchev–Trinajstić information content (AvgIpc) is 3.34. The van der Waals surface area contributed by atoms with Crippen molar-refractivity contribution in [2.24, 2.45) is 5.41 Å². The van der Waals surface area contributed by atoms with Crippen LogP contribution in [0, 0.1) is 17.0 Å². The van der Waals surface area contributed by atoms with Gasteiger partial charge in [0.05, 0.1) is 28.9 Å². The highest BCUT2D eigenvalue weighted by Gasteiger charge is 2.54. The van der Waals surface area contributed by atoms with Gasteiger partial charge >= 0.3 is 6.18 Å². The lowest BCUT2D eigenvalue weighted by Crippen LogP contribution is -2.45. The van der Waals surface area contributed by atoms with E-state index >= 15 is 0 Å². The molecular weight excluding hydrogens is 541 g/mol. The lowest BCUT2D eigenvalue weighted by Gasteiger charge is -2.42. The summed E-state index contributed by atoms with van der Waals surface area (Å²) in [5.41, 5.74) is 1.46. The van der Waals surface area contributed by atoms with Crippen molar-refractivity contribution in [2.75, 3.05) is 10.5 Å². The van der Waals surface area contributed by atoms with Crippen LogP contribution >= 0.6 is 0 Å². The summed E-state index contributed by atoms with van der Waals surface area (Å²) >= 11 is 0. The third-order valence-corrected chi connectivity index (χ3v) is 9.09. The van der Waals surface area contributed by atoms with Crippen molar-refractivity contribution in [2.45, 2.75) is 50.8 Å². The molecule has 2 aromatic carbocycles. The molecule has 0 aliphatic heterocycles. The highest BCUT2D eigenvalue weighted by molar-refractivity contribution is 7.92. The Morgan fingerprint density at radius 1 is 1.10 bits per heavy atom. The molecule has 0 amide bonds. The Morgan fingerprint density at radius 2 is 1.79 bits per heavy atom. The maximum Gasteiger partial charge on any atom is 0.404 e. The number of alkyl halides is 3. The van der Waals surface area contributed by atoms with Crippen LogP contribution in [-0.2, 0) is 22.9 Å². The molecule has 5 rings (SSSR count). The number of fused-ring (bicyclic) bond motifs is 2. The molecule has 208 valence electrons. The Morgan fingerprint density at radius 3 is 2.49 bits per heavy atom. The summed E-state index contributed by atoms with van der Waals surface area (Å²) in [5.74, 6) is -3.10. The molecule has 2 aliphatic rings. The molecule has 39 heavy (non-hydrogen) atoms.